The minimum absolute atomic E-state index is 0.0655. The molecule has 110 valence electrons. The predicted octanol–water partition coefficient (Wildman–Crippen LogP) is 1.45. The summed E-state index contributed by atoms with van der Waals surface area (Å²) >= 11 is 0. The number of carboxylic acid groups (broad SMARTS) is 1. The maximum atomic E-state index is 12.1. The van der Waals surface area contributed by atoms with Crippen molar-refractivity contribution < 1.29 is 19.4 Å². The highest BCUT2D eigenvalue weighted by Crippen LogP contribution is 2.17. The van der Waals surface area contributed by atoms with E-state index in [4.69, 9.17) is 4.74 Å². The smallest absolute Gasteiger partial charge is 0.326 e. The fraction of sp³-hybridized carbons (Fsp3) is 0.846. The highest BCUT2D eigenvalue weighted by molar-refractivity contribution is 5.82. The minimum Gasteiger partial charge on any atom is -0.480 e. The summed E-state index contributed by atoms with van der Waals surface area (Å²) in [5, 5.41) is 11.9. The Balaban J connectivity index is 2.53. The van der Waals surface area contributed by atoms with Crippen molar-refractivity contribution in [1.82, 2.24) is 10.2 Å². The van der Waals surface area contributed by atoms with E-state index >= 15 is 0 Å². The van der Waals surface area contributed by atoms with Gasteiger partial charge in [-0.3, -0.25) is 0 Å². The molecule has 1 saturated heterocycles. The maximum absolute atomic E-state index is 12.1. The number of aliphatic carboxylic acids is 1. The molecule has 2 unspecified atom stereocenters. The number of hydrogen-bond donors (Lipinski definition) is 2. The van der Waals surface area contributed by atoms with E-state index < -0.39 is 12.0 Å². The van der Waals surface area contributed by atoms with E-state index in [9.17, 15) is 14.7 Å². The van der Waals surface area contributed by atoms with E-state index in [1.54, 1.807) is 0 Å². The van der Waals surface area contributed by atoms with E-state index in [0.717, 1.165) is 19.3 Å². The van der Waals surface area contributed by atoms with Crippen LogP contribution in [-0.4, -0.2) is 53.8 Å². The summed E-state index contributed by atoms with van der Waals surface area (Å²) in [5.41, 5.74) is 0. The van der Waals surface area contributed by atoms with Gasteiger partial charge in [0.2, 0.25) is 0 Å². The molecule has 0 aromatic rings. The van der Waals surface area contributed by atoms with Crippen molar-refractivity contribution in [3.63, 3.8) is 0 Å². The molecule has 0 radical (unpaired) electrons. The topological polar surface area (TPSA) is 78.9 Å². The molecule has 2 atom stereocenters. The van der Waals surface area contributed by atoms with Crippen molar-refractivity contribution in [2.24, 2.45) is 0 Å². The third-order valence-electron chi connectivity index (χ3n) is 3.29. The SMILES string of the molecule is CCOC(C)CNC(=O)N1CCCCCC1C(=O)O. The van der Waals surface area contributed by atoms with Gasteiger partial charge in [0.25, 0.3) is 0 Å². The van der Waals surface area contributed by atoms with Gasteiger partial charge in [0.05, 0.1) is 6.10 Å². The first-order valence-electron chi connectivity index (χ1n) is 6.95. The molecule has 2 amide bonds. The number of nitrogens with one attached hydrogen (secondary N) is 1. The first-order chi connectivity index (χ1) is 9.06. The summed E-state index contributed by atoms with van der Waals surface area (Å²) in [6.45, 7) is 5.27. The number of likely N-dealkylation sites (tertiary alicyclic amines) is 1. The second-order valence-corrected chi connectivity index (χ2v) is 4.85. The summed E-state index contributed by atoms with van der Waals surface area (Å²) in [6.07, 6.45) is 3.16. The zero-order chi connectivity index (χ0) is 14.3. The van der Waals surface area contributed by atoms with Crippen molar-refractivity contribution in [3.05, 3.63) is 0 Å². The second kappa shape index (κ2) is 7.99. The van der Waals surface area contributed by atoms with Gasteiger partial charge in [-0.15, -0.1) is 0 Å². The molecule has 1 aliphatic rings. The number of rotatable bonds is 5. The fourth-order valence-corrected chi connectivity index (χ4v) is 2.28. The van der Waals surface area contributed by atoms with Crippen molar-refractivity contribution in [2.75, 3.05) is 19.7 Å². The summed E-state index contributed by atoms with van der Waals surface area (Å²) in [6, 6.07) is -1.01. The minimum atomic E-state index is -0.921. The quantitative estimate of drug-likeness (QED) is 0.794. The predicted molar refractivity (Wildman–Crippen MR) is 71.1 cm³/mol. The van der Waals surface area contributed by atoms with Crippen LogP contribution in [0.1, 0.15) is 39.5 Å². The van der Waals surface area contributed by atoms with Gasteiger partial charge in [0.1, 0.15) is 6.04 Å². The lowest BCUT2D eigenvalue weighted by atomic mass is 10.1. The van der Waals surface area contributed by atoms with Gasteiger partial charge in [-0.25, -0.2) is 9.59 Å². The molecule has 1 heterocycles. The summed E-state index contributed by atoms with van der Waals surface area (Å²) in [4.78, 5) is 24.7. The average molecular weight is 272 g/mol. The van der Waals surface area contributed by atoms with Crippen LogP contribution in [0.3, 0.4) is 0 Å². The van der Waals surface area contributed by atoms with E-state index in [1.165, 1.54) is 4.90 Å². The van der Waals surface area contributed by atoms with Crippen molar-refractivity contribution >= 4 is 12.0 Å². The van der Waals surface area contributed by atoms with Gasteiger partial charge in [-0.05, 0) is 26.7 Å². The standard InChI is InChI=1S/C13H24N2O4/c1-3-19-10(2)9-14-13(18)15-8-6-4-5-7-11(15)12(16)17/h10-11H,3-9H2,1-2H3,(H,14,18)(H,16,17). The van der Waals surface area contributed by atoms with Crippen LogP contribution in [0, 0.1) is 0 Å². The molecular formula is C13H24N2O4. The molecule has 0 aromatic heterocycles. The number of urea groups is 1. The Morgan fingerprint density at radius 2 is 2.16 bits per heavy atom. The first kappa shape index (κ1) is 15.8. The molecule has 2 N–H and O–H groups in total. The average Bonchev–Trinajstić information content (AvgIpc) is 2.61. The van der Waals surface area contributed by atoms with Crippen LogP contribution in [0.25, 0.3) is 0 Å². The summed E-state index contributed by atoms with van der Waals surface area (Å²) in [7, 11) is 0. The number of carboxylic acids is 1. The van der Waals surface area contributed by atoms with Crippen molar-refractivity contribution in [3.8, 4) is 0 Å². The van der Waals surface area contributed by atoms with E-state index in [1.807, 2.05) is 13.8 Å². The van der Waals surface area contributed by atoms with Gasteiger partial charge < -0.3 is 20.1 Å². The number of hydrogen-bond acceptors (Lipinski definition) is 3. The highest BCUT2D eigenvalue weighted by atomic mass is 16.5. The number of ether oxygens (including phenoxy) is 1. The molecule has 6 nitrogen and oxygen atoms in total. The first-order valence-corrected chi connectivity index (χ1v) is 6.95. The van der Waals surface area contributed by atoms with Crippen LogP contribution < -0.4 is 5.32 Å². The molecule has 6 heteroatoms. The van der Waals surface area contributed by atoms with Gasteiger partial charge in [0.15, 0.2) is 0 Å². The van der Waals surface area contributed by atoms with Gasteiger partial charge in [0, 0.05) is 19.7 Å². The van der Waals surface area contributed by atoms with Crippen LogP contribution in [0.15, 0.2) is 0 Å². The molecule has 1 fully saturated rings. The molecule has 19 heavy (non-hydrogen) atoms. The Kier molecular flexibility index (Phi) is 6.62. The highest BCUT2D eigenvalue weighted by Gasteiger charge is 2.30. The lowest BCUT2D eigenvalue weighted by Gasteiger charge is -2.27. The molecule has 1 rings (SSSR count). The summed E-state index contributed by atoms with van der Waals surface area (Å²) in [5.74, 6) is -0.921. The third kappa shape index (κ3) is 5.06. The van der Waals surface area contributed by atoms with Crippen LogP contribution >= 0.6 is 0 Å². The second-order valence-electron chi connectivity index (χ2n) is 4.85. The van der Waals surface area contributed by atoms with Crippen LogP contribution in [0.2, 0.25) is 0 Å². The molecule has 1 aliphatic heterocycles. The van der Waals surface area contributed by atoms with Gasteiger partial charge in [-0.2, -0.15) is 0 Å². The zero-order valence-electron chi connectivity index (χ0n) is 11.7. The van der Waals surface area contributed by atoms with Crippen molar-refractivity contribution in [2.45, 2.75) is 51.7 Å². The van der Waals surface area contributed by atoms with Crippen LogP contribution in [0.5, 0.6) is 0 Å². The normalized spacial score (nSPS) is 21.6. The number of amides is 2. The molecule has 0 aromatic carbocycles. The molecule has 0 spiro atoms. The zero-order valence-corrected chi connectivity index (χ0v) is 11.7. The van der Waals surface area contributed by atoms with Gasteiger partial charge >= 0.3 is 12.0 Å². The van der Waals surface area contributed by atoms with E-state index in [2.05, 4.69) is 5.32 Å². The monoisotopic (exact) mass is 272 g/mol. The largest absolute Gasteiger partial charge is 0.480 e. The van der Waals surface area contributed by atoms with Crippen molar-refractivity contribution in [1.29, 1.82) is 0 Å². The molecular weight excluding hydrogens is 248 g/mol. The van der Waals surface area contributed by atoms with E-state index in [0.29, 0.717) is 26.1 Å². The lowest BCUT2D eigenvalue weighted by molar-refractivity contribution is -0.142. The number of nitrogens with zero attached hydrogens (tertiary/aromatic N) is 1. The number of carbonyl (C=O) groups is 2. The van der Waals surface area contributed by atoms with Gasteiger partial charge in [-0.1, -0.05) is 12.8 Å². The summed E-state index contributed by atoms with van der Waals surface area (Å²) < 4.78 is 5.33. The Morgan fingerprint density at radius 1 is 1.42 bits per heavy atom. The lowest BCUT2D eigenvalue weighted by Crippen LogP contribution is -2.50. The Hall–Kier alpha value is -1.30. The molecule has 0 saturated carbocycles. The Labute approximate surface area is 114 Å². The maximum Gasteiger partial charge on any atom is 0.326 e. The van der Waals surface area contributed by atoms with Crippen LogP contribution in [0.4, 0.5) is 4.79 Å². The molecule has 0 aliphatic carbocycles. The molecule has 0 bridgehead atoms. The Bertz CT molecular complexity index is 309. The third-order valence-corrected chi connectivity index (χ3v) is 3.29. The Morgan fingerprint density at radius 3 is 2.79 bits per heavy atom. The van der Waals surface area contributed by atoms with E-state index in [-0.39, 0.29) is 12.1 Å². The fourth-order valence-electron chi connectivity index (χ4n) is 2.28. The number of carbonyl (C=O) groups excluding carboxylic acids is 1. The van der Waals surface area contributed by atoms with Crippen LogP contribution in [-0.2, 0) is 9.53 Å².